The molecule has 2 N–H and O–H groups in total. The molecule has 166 valence electrons. The highest BCUT2D eigenvalue weighted by Crippen LogP contribution is 2.29. The van der Waals surface area contributed by atoms with E-state index in [0.29, 0.717) is 42.4 Å². The Hall–Kier alpha value is -2.70. The van der Waals surface area contributed by atoms with Crippen molar-refractivity contribution in [3.63, 3.8) is 0 Å². The number of likely N-dealkylation sites (N-methyl/N-ethyl adjacent to an activating group) is 1. The summed E-state index contributed by atoms with van der Waals surface area (Å²) in [6, 6.07) is 5.07. The van der Waals surface area contributed by atoms with Crippen LogP contribution in [0.4, 0.5) is 0 Å². The quantitative estimate of drug-likeness (QED) is 0.789. The van der Waals surface area contributed by atoms with Crippen LogP contribution in [0, 0.1) is 0 Å². The first-order chi connectivity index (χ1) is 15.0. The number of nitrogens with zero attached hydrogens (tertiary/aromatic N) is 2. The number of nitrogens with one attached hydrogen (secondary N) is 2. The van der Waals surface area contributed by atoms with Crippen LogP contribution >= 0.6 is 0 Å². The third-order valence-electron chi connectivity index (χ3n) is 6.66. The van der Waals surface area contributed by atoms with Crippen molar-refractivity contribution in [1.82, 2.24) is 20.2 Å². The van der Waals surface area contributed by atoms with Gasteiger partial charge in [0.1, 0.15) is 11.4 Å². The third kappa shape index (κ3) is 4.36. The van der Waals surface area contributed by atoms with Gasteiger partial charge in [-0.05, 0) is 50.8 Å². The Morgan fingerprint density at radius 3 is 2.58 bits per heavy atom. The van der Waals surface area contributed by atoms with Crippen molar-refractivity contribution in [2.75, 3.05) is 6.54 Å². The second kappa shape index (κ2) is 9.20. The summed E-state index contributed by atoms with van der Waals surface area (Å²) in [4.78, 5) is 43.7. The van der Waals surface area contributed by atoms with E-state index in [4.69, 9.17) is 4.98 Å². The molecule has 0 spiro atoms. The van der Waals surface area contributed by atoms with Crippen molar-refractivity contribution < 1.29 is 9.59 Å². The lowest BCUT2D eigenvalue weighted by Gasteiger charge is -2.36. The number of amides is 2. The minimum absolute atomic E-state index is 0.0278. The summed E-state index contributed by atoms with van der Waals surface area (Å²) in [6.45, 7) is 3.12. The minimum Gasteiger partial charge on any atom is -0.354 e. The Morgan fingerprint density at radius 2 is 1.81 bits per heavy atom. The lowest BCUT2D eigenvalue weighted by Crippen LogP contribution is -2.59. The molecule has 1 saturated carbocycles. The molecular weight excluding hydrogens is 392 g/mol. The first kappa shape index (κ1) is 21.5. The minimum atomic E-state index is -0.862. The van der Waals surface area contributed by atoms with E-state index >= 15 is 0 Å². The number of rotatable bonds is 4. The average molecular weight is 425 g/mol. The molecule has 0 radical (unpaired) electrons. The van der Waals surface area contributed by atoms with E-state index in [1.165, 1.54) is 0 Å². The molecule has 0 atom stereocenters. The lowest BCUT2D eigenvalue weighted by atomic mass is 9.80. The number of aryl methyl sites for hydroxylation is 1. The summed E-state index contributed by atoms with van der Waals surface area (Å²) < 4.78 is 1.80. The maximum Gasteiger partial charge on any atom is 0.261 e. The molecule has 1 aliphatic heterocycles. The van der Waals surface area contributed by atoms with Gasteiger partial charge in [0.15, 0.2) is 0 Å². The monoisotopic (exact) mass is 424 g/mol. The second-order valence-electron chi connectivity index (χ2n) is 8.84. The largest absolute Gasteiger partial charge is 0.354 e. The smallest absolute Gasteiger partial charge is 0.261 e. The molecule has 0 saturated heterocycles. The molecule has 7 nitrogen and oxygen atoms in total. The third-order valence-corrected chi connectivity index (χ3v) is 6.66. The van der Waals surface area contributed by atoms with Gasteiger partial charge in [-0.25, -0.2) is 4.98 Å². The molecule has 0 unspecified atom stereocenters. The van der Waals surface area contributed by atoms with E-state index in [1.807, 2.05) is 6.92 Å². The van der Waals surface area contributed by atoms with Crippen LogP contribution in [0.2, 0.25) is 0 Å². The van der Waals surface area contributed by atoms with E-state index < -0.39 is 5.54 Å². The van der Waals surface area contributed by atoms with E-state index in [1.54, 1.807) is 22.8 Å². The second-order valence-corrected chi connectivity index (χ2v) is 8.84. The Balaban J connectivity index is 1.65. The van der Waals surface area contributed by atoms with E-state index in [0.717, 1.165) is 57.2 Å². The highest BCUT2D eigenvalue weighted by molar-refractivity contribution is 6.01. The summed E-state index contributed by atoms with van der Waals surface area (Å²) in [6.07, 6.45) is 9.27. The van der Waals surface area contributed by atoms with Gasteiger partial charge in [0.25, 0.3) is 11.5 Å². The molecule has 2 aliphatic rings. The zero-order chi connectivity index (χ0) is 21.8. The van der Waals surface area contributed by atoms with Crippen molar-refractivity contribution in [3.8, 4) is 0 Å². The Bertz CT molecular complexity index is 1040. The number of fused-ring (bicyclic) bond motifs is 2. The first-order valence-corrected chi connectivity index (χ1v) is 11.7. The maximum atomic E-state index is 13.1. The molecule has 7 heteroatoms. The molecular formula is C24H32N4O3. The number of carbonyl (C=O) groups is 2. The Labute approximate surface area is 182 Å². The van der Waals surface area contributed by atoms with Gasteiger partial charge in [0, 0.05) is 25.1 Å². The van der Waals surface area contributed by atoms with Gasteiger partial charge >= 0.3 is 0 Å². The number of hydrogen-bond donors (Lipinski definition) is 2. The summed E-state index contributed by atoms with van der Waals surface area (Å²) in [5.74, 6) is 0.408. The van der Waals surface area contributed by atoms with Gasteiger partial charge in [-0.2, -0.15) is 0 Å². The molecule has 4 rings (SSSR count). The van der Waals surface area contributed by atoms with Crippen molar-refractivity contribution in [2.24, 2.45) is 0 Å². The van der Waals surface area contributed by atoms with Crippen molar-refractivity contribution in [2.45, 2.75) is 83.2 Å². The van der Waals surface area contributed by atoms with Crippen LogP contribution in [0.25, 0.3) is 10.9 Å². The molecule has 2 heterocycles. The van der Waals surface area contributed by atoms with Gasteiger partial charge in [-0.1, -0.05) is 32.1 Å². The maximum absolute atomic E-state index is 13.1. The van der Waals surface area contributed by atoms with Gasteiger partial charge < -0.3 is 10.6 Å². The summed E-state index contributed by atoms with van der Waals surface area (Å²) in [7, 11) is 0. The molecule has 31 heavy (non-hydrogen) atoms. The van der Waals surface area contributed by atoms with Crippen LogP contribution < -0.4 is 16.2 Å². The van der Waals surface area contributed by atoms with E-state index in [9.17, 15) is 14.4 Å². The molecule has 1 aromatic heterocycles. The number of carbonyl (C=O) groups excluding carboxylic acids is 2. The zero-order valence-electron chi connectivity index (χ0n) is 18.3. The van der Waals surface area contributed by atoms with Gasteiger partial charge in [-0.3, -0.25) is 19.0 Å². The molecule has 1 aromatic carbocycles. The van der Waals surface area contributed by atoms with Gasteiger partial charge in [0.2, 0.25) is 5.91 Å². The topological polar surface area (TPSA) is 93.1 Å². The molecule has 2 aromatic rings. The fourth-order valence-electron chi connectivity index (χ4n) is 4.92. The molecule has 2 amide bonds. The highest BCUT2D eigenvalue weighted by Gasteiger charge is 2.40. The molecule has 1 fully saturated rings. The van der Waals surface area contributed by atoms with Crippen LogP contribution in [0.1, 0.15) is 80.9 Å². The number of aromatic nitrogens is 2. The fraction of sp³-hybridized carbons (Fsp3) is 0.583. The predicted octanol–water partition coefficient (Wildman–Crippen LogP) is 3.08. The van der Waals surface area contributed by atoms with Crippen molar-refractivity contribution in [1.29, 1.82) is 0 Å². The van der Waals surface area contributed by atoms with Gasteiger partial charge in [0.05, 0.1) is 10.9 Å². The highest BCUT2D eigenvalue weighted by atomic mass is 16.2. The van der Waals surface area contributed by atoms with Crippen LogP contribution in [0.15, 0.2) is 23.0 Å². The van der Waals surface area contributed by atoms with E-state index in [2.05, 4.69) is 10.6 Å². The van der Waals surface area contributed by atoms with Crippen LogP contribution in [0.3, 0.4) is 0 Å². The van der Waals surface area contributed by atoms with Crippen molar-refractivity contribution in [3.05, 3.63) is 39.9 Å². The van der Waals surface area contributed by atoms with E-state index in [-0.39, 0.29) is 17.4 Å². The van der Waals surface area contributed by atoms with Crippen LogP contribution in [0.5, 0.6) is 0 Å². The molecule has 0 bridgehead atoms. The normalized spacial score (nSPS) is 18.5. The lowest BCUT2D eigenvalue weighted by molar-refractivity contribution is -0.128. The van der Waals surface area contributed by atoms with Crippen molar-refractivity contribution >= 4 is 22.7 Å². The zero-order valence-corrected chi connectivity index (χ0v) is 18.3. The fourth-order valence-corrected chi connectivity index (χ4v) is 4.92. The Morgan fingerprint density at radius 1 is 1.06 bits per heavy atom. The standard InChI is InChI=1S/C24H32N4O3/c1-2-25-23(31)24(13-7-5-8-14-24)27-21(29)17-11-12-18-19(16-17)26-20-10-6-3-4-9-15-28(20)22(18)30/h11-12,16H,2-10,13-15H2,1H3,(H,25,31)(H,27,29). The number of hydrogen-bond acceptors (Lipinski definition) is 4. The first-order valence-electron chi connectivity index (χ1n) is 11.7. The van der Waals surface area contributed by atoms with Crippen LogP contribution in [-0.4, -0.2) is 33.4 Å². The average Bonchev–Trinajstić information content (AvgIpc) is 2.75. The summed E-state index contributed by atoms with van der Waals surface area (Å²) in [5, 5.41) is 6.46. The predicted molar refractivity (Wildman–Crippen MR) is 120 cm³/mol. The number of benzene rings is 1. The summed E-state index contributed by atoms with van der Waals surface area (Å²) >= 11 is 0. The SMILES string of the molecule is CCNC(=O)C1(NC(=O)c2ccc3c(=O)n4c(nc3c2)CCCCCC4)CCCCC1. The van der Waals surface area contributed by atoms with Gasteiger partial charge in [-0.15, -0.1) is 0 Å². The van der Waals surface area contributed by atoms with Crippen LogP contribution in [-0.2, 0) is 17.8 Å². The molecule has 1 aliphatic carbocycles. The summed E-state index contributed by atoms with van der Waals surface area (Å²) in [5.41, 5.74) is 0.101. The Kier molecular flexibility index (Phi) is 6.39.